The van der Waals surface area contributed by atoms with E-state index in [1.165, 1.54) is 0 Å². The minimum atomic E-state index is -0.513. The summed E-state index contributed by atoms with van der Waals surface area (Å²) in [5, 5.41) is 14.9. The monoisotopic (exact) mass is 287 g/mol. The number of anilines is 1. The van der Waals surface area contributed by atoms with Gasteiger partial charge in [0.15, 0.2) is 0 Å². The number of rotatable bonds is 6. The maximum absolute atomic E-state index is 10.3. The van der Waals surface area contributed by atoms with Gasteiger partial charge in [0.1, 0.15) is 0 Å². The van der Waals surface area contributed by atoms with Crippen LogP contribution in [-0.2, 0) is 6.42 Å². The van der Waals surface area contributed by atoms with Gasteiger partial charge in [-0.25, -0.2) is 0 Å². The Bertz CT molecular complexity index is 560. The van der Waals surface area contributed by atoms with Crippen LogP contribution in [0.25, 0.3) is 0 Å². The Kier molecular flexibility index (Phi) is 5.02. The van der Waals surface area contributed by atoms with E-state index < -0.39 is 6.10 Å². The van der Waals surface area contributed by atoms with Gasteiger partial charge in [0.25, 0.3) is 0 Å². The lowest BCUT2D eigenvalue weighted by molar-refractivity contribution is 0.177. The summed E-state index contributed by atoms with van der Waals surface area (Å²) in [4.78, 5) is 2.05. The fourth-order valence-electron chi connectivity index (χ4n) is 2.23. The summed E-state index contributed by atoms with van der Waals surface area (Å²) < 4.78 is 1.97. The number of aromatic nitrogens is 2. The highest BCUT2D eigenvalue weighted by Crippen LogP contribution is 2.21. The average Bonchev–Trinajstić information content (AvgIpc) is 2.95. The quantitative estimate of drug-likeness (QED) is 0.887. The van der Waals surface area contributed by atoms with E-state index in [-0.39, 0.29) is 0 Å². The van der Waals surface area contributed by atoms with Crippen LogP contribution in [0.15, 0.2) is 36.5 Å². The molecule has 0 aliphatic carbocycles. The first kappa shape index (κ1) is 15.6. The summed E-state index contributed by atoms with van der Waals surface area (Å²) in [7, 11) is 4.01. The van der Waals surface area contributed by atoms with Crippen molar-refractivity contribution in [2.45, 2.75) is 38.8 Å². The lowest BCUT2D eigenvalue weighted by Gasteiger charge is -2.15. The highest BCUT2D eigenvalue weighted by atomic mass is 16.3. The molecule has 4 heteroatoms. The van der Waals surface area contributed by atoms with Crippen molar-refractivity contribution in [1.82, 2.24) is 9.78 Å². The summed E-state index contributed by atoms with van der Waals surface area (Å²) in [5.41, 5.74) is 2.99. The van der Waals surface area contributed by atoms with Crippen molar-refractivity contribution >= 4 is 5.69 Å². The minimum absolute atomic E-state index is 0.398. The van der Waals surface area contributed by atoms with E-state index in [0.717, 1.165) is 23.4 Å². The molecule has 2 rings (SSSR count). The van der Waals surface area contributed by atoms with E-state index in [1.807, 2.05) is 60.2 Å². The normalized spacial score (nSPS) is 14.0. The van der Waals surface area contributed by atoms with Gasteiger partial charge in [0.2, 0.25) is 0 Å². The molecule has 0 spiro atoms. The van der Waals surface area contributed by atoms with Crippen molar-refractivity contribution in [3.8, 4) is 0 Å². The van der Waals surface area contributed by atoms with Crippen molar-refractivity contribution in [3.05, 3.63) is 47.8 Å². The molecule has 2 atom stereocenters. The van der Waals surface area contributed by atoms with E-state index in [1.54, 1.807) is 0 Å². The number of aliphatic hydroxyl groups is 1. The van der Waals surface area contributed by atoms with Crippen LogP contribution >= 0.6 is 0 Å². The lowest BCUT2D eigenvalue weighted by Crippen LogP contribution is -2.09. The SMILES string of the molecule is CCC(C)n1ccc(CC(O)c2ccc(N(C)C)cc2)n1. The topological polar surface area (TPSA) is 41.3 Å². The molecule has 0 amide bonds. The highest BCUT2D eigenvalue weighted by Gasteiger charge is 2.12. The maximum Gasteiger partial charge on any atom is 0.0846 e. The number of hydrogen-bond donors (Lipinski definition) is 1. The summed E-state index contributed by atoms with van der Waals surface area (Å²) in [5.74, 6) is 0. The Morgan fingerprint density at radius 2 is 1.86 bits per heavy atom. The summed E-state index contributed by atoms with van der Waals surface area (Å²) >= 11 is 0. The van der Waals surface area contributed by atoms with Crippen molar-refractivity contribution in [2.75, 3.05) is 19.0 Å². The molecule has 0 saturated carbocycles. The minimum Gasteiger partial charge on any atom is -0.388 e. The zero-order valence-corrected chi connectivity index (χ0v) is 13.3. The van der Waals surface area contributed by atoms with Gasteiger partial charge in [-0.1, -0.05) is 19.1 Å². The molecule has 0 radical (unpaired) electrons. The molecule has 1 aromatic heterocycles. The molecule has 0 aliphatic rings. The molecule has 114 valence electrons. The standard InChI is InChI=1S/C17H25N3O/c1-5-13(2)20-11-10-15(18-20)12-17(21)14-6-8-16(9-7-14)19(3)4/h6-11,13,17,21H,5,12H2,1-4H3. The molecule has 0 fully saturated rings. The fourth-order valence-corrected chi connectivity index (χ4v) is 2.23. The van der Waals surface area contributed by atoms with Gasteiger partial charge >= 0.3 is 0 Å². The Morgan fingerprint density at radius 3 is 2.43 bits per heavy atom. The average molecular weight is 287 g/mol. The van der Waals surface area contributed by atoms with E-state index >= 15 is 0 Å². The molecule has 21 heavy (non-hydrogen) atoms. The second-order valence-electron chi connectivity index (χ2n) is 5.75. The van der Waals surface area contributed by atoms with Crippen LogP contribution in [0.2, 0.25) is 0 Å². The maximum atomic E-state index is 10.3. The molecule has 0 aliphatic heterocycles. The Morgan fingerprint density at radius 1 is 1.19 bits per heavy atom. The van der Waals surface area contributed by atoms with Crippen LogP contribution in [0.5, 0.6) is 0 Å². The number of nitrogens with zero attached hydrogens (tertiary/aromatic N) is 3. The number of hydrogen-bond acceptors (Lipinski definition) is 3. The van der Waals surface area contributed by atoms with Gasteiger partial charge in [-0.05, 0) is 37.1 Å². The van der Waals surface area contributed by atoms with Crippen LogP contribution < -0.4 is 4.90 Å². The highest BCUT2D eigenvalue weighted by molar-refractivity contribution is 5.46. The van der Waals surface area contributed by atoms with Crippen LogP contribution in [0.1, 0.15) is 43.7 Å². The predicted octanol–water partition coefficient (Wildman–Crippen LogP) is 3.20. The van der Waals surface area contributed by atoms with Crippen molar-refractivity contribution < 1.29 is 5.11 Å². The summed E-state index contributed by atoms with van der Waals surface area (Å²) in [6, 6.07) is 10.4. The first-order valence-corrected chi connectivity index (χ1v) is 7.50. The molecule has 2 unspecified atom stereocenters. The lowest BCUT2D eigenvalue weighted by atomic mass is 10.0. The van der Waals surface area contributed by atoms with Crippen LogP contribution in [0.3, 0.4) is 0 Å². The van der Waals surface area contributed by atoms with Gasteiger partial charge in [0, 0.05) is 38.4 Å². The van der Waals surface area contributed by atoms with E-state index in [2.05, 4.69) is 18.9 Å². The van der Waals surface area contributed by atoms with Crippen molar-refractivity contribution in [2.24, 2.45) is 0 Å². The van der Waals surface area contributed by atoms with Crippen molar-refractivity contribution in [1.29, 1.82) is 0 Å². The molecule has 1 aromatic carbocycles. The molecule has 1 N–H and O–H groups in total. The van der Waals surface area contributed by atoms with Gasteiger partial charge in [-0.15, -0.1) is 0 Å². The smallest absolute Gasteiger partial charge is 0.0846 e. The molecule has 0 bridgehead atoms. The third-order valence-corrected chi connectivity index (χ3v) is 3.90. The molecular weight excluding hydrogens is 262 g/mol. The first-order valence-electron chi connectivity index (χ1n) is 7.50. The zero-order valence-electron chi connectivity index (χ0n) is 13.3. The van der Waals surface area contributed by atoms with Gasteiger partial charge in [-0.2, -0.15) is 5.10 Å². The van der Waals surface area contributed by atoms with E-state index in [0.29, 0.717) is 12.5 Å². The van der Waals surface area contributed by atoms with Crippen LogP contribution in [0.4, 0.5) is 5.69 Å². The molecular formula is C17H25N3O. The second kappa shape index (κ2) is 6.76. The third kappa shape index (κ3) is 3.85. The second-order valence-corrected chi connectivity index (χ2v) is 5.75. The van der Waals surface area contributed by atoms with Gasteiger partial charge in [-0.3, -0.25) is 4.68 Å². The zero-order chi connectivity index (χ0) is 15.4. The molecule has 4 nitrogen and oxygen atoms in total. The van der Waals surface area contributed by atoms with Gasteiger partial charge < -0.3 is 10.0 Å². The fraction of sp³-hybridized carbons (Fsp3) is 0.471. The van der Waals surface area contributed by atoms with Crippen molar-refractivity contribution in [3.63, 3.8) is 0 Å². The van der Waals surface area contributed by atoms with Gasteiger partial charge in [0.05, 0.1) is 11.8 Å². The molecule has 0 saturated heterocycles. The first-order chi connectivity index (χ1) is 10.0. The molecule has 1 heterocycles. The molecule has 2 aromatic rings. The Balaban J connectivity index is 2.03. The largest absolute Gasteiger partial charge is 0.388 e. The third-order valence-electron chi connectivity index (χ3n) is 3.90. The Labute approximate surface area is 127 Å². The number of benzene rings is 1. The van der Waals surface area contributed by atoms with E-state index in [9.17, 15) is 5.11 Å². The van der Waals surface area contributed by atoms with Crippen LogP contribution in [-0.4, -0.2) is 29.0 Å². The van der Waals surface area contributed by atoms with E-state index in [4.69, 9.17) is 0 Å². The summed E-state index contributed by atoms with van der Waals surface area (Å²) in [6.45, 7) is 4.29. The number of aliphatic hydroxyl groups excluding tert-OH is 1. The summed E-state index contributed by atoms with van der Waals surface area (Å²) in [6.07, 6.45) is 3.08. The van der Waals surface area contributed by atoms with Crippen LogP contribution in [0, 0.1) is 0 Å². The predicted molar refractivity (Wildman–Crippen MR) is 86.7 cm³/mol. The Hall–Kier alpha value is -1.81.